The van der Waals surface area contributed by atoms with Gasteiger partial charge in [-0.05, 0) is 55.5 Å². The molecule has 2 aromatic carbocycles. The third-order valence-electron chi connectivity index (χ3n) is 3.80. The smallest absolute Gasteiger partial charge is 0.276 e. The van der Waals surface area contributed by atoms with Crippen molar-refractivity contribution in [2.45, 2.75) is 19.8 Å². The molecule has 9 heteroatoms. The Morgan fingerprint density at radius 3 is 1.90 bits per heavy atom. The molecule has 0 aromatic heterocycles. The Morgan fingerprint density at radius 1 is 0.733 bits per heavy atom. The van der Waals surface area contributed by atoms with Crippen molar-refractivity contribution in [3.8, 4) is 17.2 Å². The quantitative estimate of drug-likeness (QED) is 0.512. The Balaban J connectivity index is 1.62. The number of amides is 3. The Labute approximate surface area is 174 Å². The average Bonchev–Trinajstić information content (AvgIpc) is 2.76. The molecule has 0 saturated heterocycles. The van der Waals surface area contributed by atoms with Gasteiger partial charge < -0.3 is 19.5 Å². The molecule has 0 radical (unpaired) electrons. The molecular formula is C21H25N3O6. The van der Waals surface area contributed by atoms with E-state index in [0.29, 0.717) is 29.5 Å². The Morgan fingerprint density at radius 2 is 1.27 bits per heavy atom. The lowest BCUT2D eigenvalue weighted by atomic mass is 10.2. The monoisotopic (exact) mass is 415 g/mol. The van der Waals surface area contributed by atoms with Crippen LogP contribution in [0.15, 0.2) is 48.5 Å². The fraction of sp³-hybridized carbons (Fsp3) is 0.286. The molecule has 0 spiro atoms. The van der Waals surface area contributed by atoms with Crippen LogP contribution in [0.4, 0.5) is 5.69 Å². The van der Waals surface area contributed by atoms with E-state index in [1.807, 2.05) is 6.92 Å². The van der Waals surface area contributed by atoms with E-state index < -0.39 is 11.8 Å². The predicted molar refractivity (Wildman–Crippen MR) is 110 cm³/mol. The van der Waals surface area contributed by atoms with E-state index in [1.54, 1.807) is 55.6 Å². The van der Waals surface area contributed by atoms with Crippen LogP contribution in [-0.4, -0.2) is 38.0 Å². The van der Waals surface area contributed by atoms with Crippen LogP contribution in [0.25, 0.3) is 0 Å². The van der Waals surface area contributed by atoms with Crippen molar-refractivity contribution < 1.29 is 28.6 Å². The first-order chi connectivity index (χ1) is 14.5. The number of carbonyl (C=O) groups is 3. The summed E-state index contributed by atoms with van der Waals surface area (Å²) >= 11 is 0. The number of hydrogen-bond donors (Lipinski definition) is 3. The Bertz CT molecular complexity index is 837. The molecule has 2 rings (SSSR count). The lowest BCUT2D eigenvalue weighted by Gasteiger charge is -2.09. The van der Waals surface area contributed by atoms with Crippen molar-refractivity contribution >= 4 is 23.4 Å². The Kier molecular flexibility index (Phi) is 8.98. The van der Waals surface area contributed by atoms with Gasteiger partial charge in [-0.25, -0.2) is 0 Å². The highest BCUT2D eigenvalue weighted by molar-refractivity contribution is 5.93. The van der Waals surface area contributed by atoms with Crippen LogP contribution in [0, 0.1) is 0 Å². The van der Waals surface area contributed by atoms with Crippen LogP contribution in [0.5, 0.6) is 17.2 Å². The number of carbonyl (C=O) groups excluding carboxylic acids is 3. The lowest BCUT2D eigenvalue weighted by Crippen LogP contribution is -2.44. The summed E-state index contributed by atoms with van der Waals surface area (Å²) in [6.07, 6.45) is -0.111. The minimum absolute atomic E-state index is 0.0305. The standard InChI is InChI=1S/C21H25N3O6/c1-3-29-17-6-4-15(5-7-17)22-19(25)12-13-20(26)23-24-21(27)14-30-18-10-8-16(28-2)9-11-18/h4-11H,3,12-14H2,1-2H3,(H,22,25)(H,23,26)(H,24,27). The Hall–Kier alpha value is -3.75. The number of anilines is 1. The maximum atomic E-state index is 11.9. The summed E-state index contributed by atoms with van der Waals surface area (Å²) in [6, 6.07) is 13.6. The summed E-state index contributed by atoms with van der Waals surface area (Å²) in [4.78, 5) is 35.5. The molecule has 3 N–H and O–H groups in total. The van der Waals surface area contributed by atoms with E-state index in [0.717, 1.165) is 0 Å². The van der Waals surface area contributed by atoms with Gasteiger partial charge in [-0.3, -0.25) is 25.2 Å². The SMILES string of the molecule is CCOc1ccc(NC(=O)CCC(=O)NNC(=O)COc2ccc(OC)cc2)cc1. The van der Waals surface area contributed by atoms with Crippen molar-refractivity contribution in [3.63, 3.8) is 0 Å². The molecule has 0 atom stereocenters. The van der Waals surface area contributed by atoms with Gasteiger partial charge in [0.05, 0.1) is 13.7 Å². The summed E-state index contributed by atoms with van der Waals surface area (Å²) in [5.41, 5.74) is 5.08. The molecule has 0 heterocycles. The lowest BCUT2D eigenvalue weighted by molar-refractivity contribution is -0.130. The molecule has 0 aliphatic carbocycles. The molecule has 30 heavy (non-hydrogen) atoms. The molecule has 0 unspecified atom stereocenters. The van der Waals surface area contributed by atoms with Gasteiger partial charge in [-0.15, -0.1) is 0 Å². The van der Waals surface area contributed by atoms with Gasteiger partial charge in [-0.1, -0.05) is 0 Å². The van der Waals surface area contributed by atoms with Crippen LogP contribution in [0.3, 0.4) is 0 Å². The number of benzene rings is 2. The summed E-state index contributed by atoms with van der Waals surface area (Å²) in [5.74, 6) is 0.534. The molecule has 0 aliphatic rings. The molecule has 0 fully saturated rings. The minimum Gasteiger partial charge on any atom is -0.497 e. The zero-order chi connectivity index (χ0) is 21.8. The second kappa shape index (κ2) is 11.9. The highest BCUT2D eigenvalue weighted by Crippen LogP contribution is 2.17. The third kappa shape index (κ3) is 8.09. The molecule has 0 saturated carbocycles. The van der Waals surface area contributed by atoms with E-state index in [-0.39, 0.29) is 25.4 Å². The van der Waals surface area contributed by atoms with Crippen molar-refractivity contribution in [2.75, 3.05) is 25.6 Å². The number of methoxy groups -OCH3 is 1. The van der Waals surface area contributed by atoms with E-state index in [2.05, 4.69) is 16.2 Å². The highest BCUT2D eigenvalue weighted by atomic mass is 16.5. The predicted octanol–water partition coefficient (Wildman–Crippen LogP) is 2.04. The van der Waals surface area contributed by atoms with Crippen molar-refractivity contribution in [1.29, 1.82) is 0 Å². The van der Waals surface area contributed by atoms with Gasteiger partial charge in [0, 0.05) is 18.5 Å². The number of hydrogen-bond acceptors (Lipinski definition) is 6. The van der Waals surface area contributed by atoms with Crippen LogP contribution < -0.4 is 30.4 Å². The normalized spacial score (nSPS) is 9.93. The average molecular weight is 415 g/mol. The van der Waals surface area contributed by atoms with E-state index in [9.17, 15) is 14.4 Å². The zero-order valence-electron chi connectivity index (χ0n) is 16.9. The molecule has 3 amide bonds. The van der Waals surface area contributed by atoms with Gasteiger partial charge in [0.2, 0.25) is 11.8 Å². The topological polar surface area (TPSA) is 115 Å². The van der Waals surface area contributed by atoms with Gasteiger partial charge in [0.1, 0.15) is 17.2 Å². The molecule has 0 aliphatic heterocycles. The van der Waals surface area contributed by atoms with Gasteiger partial charge >= 0.3 is 0 Å². The van der Waals surface area contributed by atoms with Gasteiger partial charge in [0.15, 0.2) is 6.61 Å². The molecule has 9 nitrogen and oxygen atoms in total. The van der Waals surface area contributed by atoms with Crippen molar-refractivity contribution in [2.24, 2.45) is 0 Å². The van der Waals surface area contributed by atoms with E-state index >= 15 is 0 Å². The van der Waals surface area contributed by atoms with Crippen molar-refractivity contribution in [1.82, 2.24) is 10.9 Å². The maximum Gasteiger partial charge on any atom is 0.276 e. The highest BCUT2D eigenvalue weighted by Gasteiger charge is 2.09. The number of hydrazine groups is 1. The first kappa shape index (κ1) is 22.5. The number of nitrogens with one attached hydrogen (secondary N) is 3. The van der Waals surface area contributed by atoms with Crippen LogP contribution in [0.1, 0.15) is 19.8 Å². The minimum atomic E-state index is -0.530. The van der Waals surface area contributed by atoms with E-state index in [1.165, 1.54) is 0 Å². The fourth-order valence-corrected chi connectivity index (χ4v) is 2.31. The number of ether oxygens (including phenoxy) is 3. The summed E-state index contributed by atoms with van der Waals surface area (Å²) < 4.78 is 15.7. The molecule has 0 bridgehead atoms. The molecule has 160 valence electrons. The van der Waals surface area contributed by atoms with Gasteiger partial charge in [-0.2, -0.15) is 0 Å². The van der Waals surface area contributed by atoms with Crippen LogP contribution in [-0.2, 0) is 14.4 Å². The molecular weight excluding hydrogens is 390 g/mol. The summed E-state index contributed by atoms with van der Waals surface area (Å²) in [6.45, 7) is 2.17. The van der Waals surface area contributed by atoms with Crippen LogP contribution in [0.2, 0.25) is 0 Å². The first-order valence-electron chi connectivity index (χ1n) is 9.37. The first-order valence-corrected chi connectivity index (χ1v) is 9.37. The zero-order valence-corrected chi connectivity index (χ0v) is 16.9. The van der Waals surface area contributed by atoms with E-state index in [4.69, 9.17) is 14.2 Å². The number of rotatable bonds is 10. The summed E-state index contributed by atoms with van der Waals surface area (Å²) in [5, 5.41) is 2.69. The second-order valence-electron chi connectivity index (χ2n) is 6.07. The van der Waals surface area contributed by atoms with Crippen molar-refractivity contribution in [3.05, 3.63) is 48.5 Å². The molecule has 2 aromatic rings. The van der Waals surface area contributed by atoms with Gasteiger partial charge in [0.25, 0.3) is 5.91 Å². The fourth-order valence-electron chi connectivity index (χ4n) is 2.31. The maximum absolute atomic E-state index is 11.9. The largest absolute Gasteiger partial charge is 0.497 e. The third-order valence-corrected chi connectivity index (χ3v) is 3.80. The second-order valence-corrected chi connectivity index (χ2v) is 6.07. The summed E-state index contributed by atoms with van der Waals surface area (Å²) in [7, 11) is 1.55. The van der Waals surface area contributed by atoms with Crippen LogP contribution >= 0.6 is 0 Å².